The Morgan fingerprint density at radius 3 is 2.48 bits per heavy atom. The molecule has 9 nitrogen and oxygen atoms in total. The van der Waals surface area contributed by atoms with Crippen LogP contribution in [0.3, 0.4) is 0 Å². The molecule has 0 radical (unpaired) electrons. The maximum atomic E-state index is 13.1. The molecule has 3 atom stereocenters. The Balaban J connectivity index is 1.77. The molecule has 1 aromatic carbocycles. The number of fused-ring (bicyclic) bond motifs is 1. The molecule has 0 bridgehead atoms. The van der Waals surface area contributed by atoms with Crippen LogP contribution in [0.1, 0.15) is 92.8 Å². The number of hydrogen-bond acceptors (Lipinski definition) is 8. The molecular formula is C34H53BN4O5. The van der Waals surface area contributed by atoms with E-state index in [2.05, 4.69) is 95.9 Å². The van der Waals surface area contributed by atoms with Crippen LogP contribution >= 0.6 is 0 Å². The number of methoxy groups -OCH3 is 1. The number of carbonyl (C=O) groups excluding carboxylic acids is 1. The lowest BCUT2D eigenvalue weighted by Gasteiger charge is -2.32. The van der Waals surface area contributed by atoms with Gasteiger partial charge in [-0.05, 0) is 90.4 Å². The van der Waals surface area contributed by atoms with Gasteiger partial charge in [0.1, 0.15) is 11.8 Å². The molecule has 0 spiro atoms. The summed E-state index contributed by atoms with van der Waals surface area (Å²) < 4.78 is 27.0. The fourth-order valence-electron chi connectivity index (χ4n) is 6.29. The van der Waals surface area contributed by atoms with Gasteiger partial charge in [-0.25, -0.2) is 5.43 Å². The quantitative estimate of drug-likeness (QED) is 0.139. The first-order chi connectivity index (χ1) is 20.5. The van der Waals surface area contributed by atoms with Crippen LogP contribution in [0.4, 0.5) is 0 Å². The van der Waals surface area contributed by atoms with Gasteiger partial charge in [0.05, 0.1) is 30.8 Å². The normalized spacial score (nSPS) is 22.7. The lowest BCUT2D eigenvalue weighted by molar-refractivity contribution is -0.151. The summed E-state index contributed by atoms with van der Waals surface area (Å²) in [4.78, 5) is 13.1. The summed E-state index contributed by atoms with van der Waals surface area (Å²) >= 11 is 0. The van der Waals surface area contributed by atoms with Crippen molar-refractivity contribution in [2.75, 3.05) is 20.3 Å². The number of nitrogens with zero attached hydrogens (tertiary/aromatic N) is 1. The van der Waals surface area contributed by atoms with E-state index in [-0.39, 0.29) is 35.9 Å². The molecule has 3 N–H and O–H groups in total. The number of hydrogen-bond donors (Lipinski definition) is 3. The van der Waals surface area contributed by atoms with Crippen molar-refractivity contribution in [3.8, 4) is 0 Å². The molecule has 10 heteroatoms. The van der Waals surface area contributed by atoms with Crippen LogP contribution in [-0.2, 0) is 36.5 Å². The first-order valence-corrected chi connectivity index (χ1v) is 16.0. The van der Waals surface area contributed by atoms with Gasteiger partial charge < -0.3 is 28.8 Å². The molecule has 3 heterocycles. The topological polar surface area (TPSA) is 107 Å². The monoisotopic (exact) mass is 608 g/mol. The molecule has 2 aliphatic heterocycles. The maximum absolute atomic E-state index is 13.1. The van der Waals surface area contributed by atoms with E-state index in [0.29, 0.717) is 12.1 Å². The zero-order chi connectivity index (χ0) is 32.6. The summed E-state index contributed by atoms with van der Waals surface area (Å²) in [5.74, 6) is 0.597. The molecular weight excluding hydrogens is 555 g/mol. The van der Waals surface area contributed by atoms with Gasteiger partial charge >= 0.3 is 13.1 Å². The molecule has 44 heavy (non-hydrogen) atoms. The summed E-state index contributed by atoms with van der Waals surface area (Å²) in [6.45, 7) is 22.6. The SMILES string of the molecule is CCn1c([C@H](C)/C(=C/C(C)=N)OC)c(CC(C)(C)COC(=O)[C@H]2NNCC[C@@H]2C)c2cc(B3OC(C)(C)C(C)(C)O3)ccc21. The second-order valence-corrected chi connectivity index (χ2v) is 14.4. The van der Waals surface area contributed by atoms with Crippen LogP contribution in [0, 0.1) is 16.7 Å². The average molecular weight is 609 g/mol. The van der Waals surface area contributed by atoms with Crippen molar-refractivity contribution >= 4 is 35.2 Å². The first-order valence-electron chi connectivity index (χ1n) is 16.0. The van der Waals surface area contributed by atoms with Gasteiger partial charge in [0.2, 0.25) is 0 Å². The van der Waals surface area contributed by atoms with Gasteiger partial charge in [0, 0.05) is 40.8 Å². The lowest BCUT2D eigenvalue weighted by atomic mass is 9.77. The highest BCUT2D eigenvalue weighted by Gasteiger charge is 2.51. The van der Waals surface area contributed by atoms with Gasteiger partial charge in [0.15, 0.2) is 0 Å². The molecule has 0 saturated carbocycles. The highest BCUT2D eigenvalue weighted by atomic mass is 16.7. The maximum Gasteiger partial charge on any atom is 0.494 e. The molecule has 0 unspecified atom stereocenters. The second kappa shape index (κ2) is 13.0. The molecule has 0 aliphatic carbocycles. The standard InChI is InChI=1S/C34H53BN4O5/c1-12-39-27-14-13-24(35-43-33(7,8)34(9,10)44-35)18-25(27)26(30(39)23(4)28(41-11)17-22(3)36)19-32(5,6)20-42-31(40)29-21(2)15-16-37-38-29/h13-14,17-18,21,23,29,36-38H,12,15-16,19-20H2,1-11H3/b28-17-,36-22?/t21-,23+,29-/m0/s1. The number of hydrazine groups is 1. The van der Waals surface area contributed by atoms with Crippen LogP contribution in [0.5, 0.6) is 0 Å². The van der Waals surface area contributed by atoms with Gasteiger partial charge in [-0.3, -0.25) is 10.2 Å². The van der Waals surface area contributed by atoms with Crippen molar-refractivity contribution in [2.24, 2.45) is 11.3 Å². The summed E-state index contributed by atoms with van der Waals surface area (Å²) in [6.07, 6.45) is 3.38. The third-order valence-electron chi connectivity index (χ3n) is 9.58. The van der Waals surface area contributed by atoms with Crippen molar-refractivity contribution in [1.82, 2.24) is 15.4 Å². The number of benzene rings is 1. The third kappa shape index (κ3) is 6.93. The third-order valence-corrected chi connectivity index (χ3v) is 9.58. The largest absolute Gasteiger partial charge is 0.500 e. The highest BCUT2D eigenvalue weighted by molar-refractivity contribution is 6.62. The van der Waals surface area contributed by atoms with Crippen molar-refractivity contribution in [1.29, 1.82) is 5.41 Å². The number of ether oxygens (including phenoxy) is 2. The highest BCUT2D eigenvalue weighted by Crippen LogP contribution is 2.40. The number of rotatable bonds is 11. The molecule has 2 aromatic rings. The number of nitrogens with one attached hydrogen (secondary N) is 3. The van der Waals surface area contributed by atoms with Crippen LogP contribution in [0.25, 0.3) is 10.9 Å². The zero-order valence-corrected chi connectivity index (χ0v) is 28.6. The van der Waals surface area contributed by atoms with Gasteiger partial charge in [0.25, 0.3) is 0 Å². The Labute approximate surface area is 264 Å². The van der Waals surface area contributed by atoms with Crippen LogP contribution < -0.4 is 16.3 Å². The van der Waals surface area contributed by atoms with E-state index in [4.69, 9.17) is 24.2 Å². The zero-order valence-electron chi connectivity index (χ0n) is 28.6. The molecule has 4 rings (SSSR count). The molecule has 1 aromatic heterocycles. The van der Waals surface area contributed by atoms with Gasteiger partial charge in [-0.15, -0.1) is 0 Å². The Kier molecular flexibility index (Phi) is 10.1. The fraction of sp³-hybridized carbons (Fsp3) is 0.647. The van der Waals surface area contributed by atoms with Crippen LogP contribution in [-0.4, -0.2) is 60.9 Å². The molecule has 2 aliphatic rings. The molecule has 242 valence electrons. The van der Waals surface area contributed by atoms with E-state index in [1.807, 2.05) is 0 Å². The minimum absolute atomic E-state index is 0.111. The summed E-state index contributed by atoms with van der Waals surface area (Å²) in [5.41, 5.74) is 9.77. The van der Waals surface area contributed by atoms with Gasteiger partial charge in [-0.2, -0.15) is 0 Å². The average Bonchev–Trinajstić information content (AvgIpc) is 3.37. The first kappa shape index (κ1) is 34.2. The Morgan fingerprint density at radius 2 is 1.91 bits per heavy atom. The molecule has 0 amide bonds. The minimum atomic E-state index is -0.481. The Morgan fingerprint density at radius 1 is 1.25 bits per heavy atom. The number of aromatic nitrogens is 1. The van der Waals surface area contributed by atoms with E-state index in [1.165, 1.54) is 5.56 Å². The Bertz CT molecular complexity index is 1400. The van der Waals surface area contributed by atoms with Crippen molar-refractivity contribution in [3.63, 3.8) is 0 Å². The number of allylic oxidation sites excluding steroid dienone is 2. The minimum Gasteiger partial charge on any atom is -0.500 e. The van der Waals surface area contributed by atoms with Crippen LogP contribution in [0.15, 0.2) is 30.0 Å². The van der Waals surface area contributed by atoms with Gasteiger partial charge in [-0.1, -0.05) is 32.9 Å². The summed E-state index contributed by atoms with van der Waals surface area (Å²) in [5, 5.41) is 9.24. The number of aryl methyl sites for hydroxylation is 1. The second-order valence-electron chi connectivity index (χ2n) is 14.4. The van der Waals surface area contributed by atoms with Crippen LogP contribution in [0.2, 0.25) is 0 Å². The lowest BCUT2D eigenvalue weighted by Crippen LogP contribution is -2.54. The smallest absolute Gasteiger partial charge is 0.494 e. The number of carbonyl (C=O) groups is 1. The summed E-state index contributed by atoms with van der Waals surface area (Å²) in [7, 11) is 1.18. The summed E-state index contributed by atoms with van der Waals surface area (Å²) in [6, 6.07) is 6.10. The van der Waals surface area contributed by atoms with E-state index in [1.54, 1.807) is 20.1 Å². The van der Waals surface area contributed by atoms with E-state index in [9.17, 15) is 4.79 Å². The van der Waals surface area contributed by atoms with E-state index in [0.717, 1.165) is 47.3 Å². The molecule has 2 saturated heterocycles. The Hall–Kier alpha value is -2.66. The van der Waals surface area contributed by atoms with Crippen molar-refractivity contribution < 1.29 is 23.6 Å². The number of esters is 1. The fourth-order valence-corrected chi connectivity index (χ4v) is 6.29. The van der Waals surface area contributed by atoms with Crippen molar-refractivity contribution in [3.05, 3.63) is 41.3 Å². The molecule has 2 fully saturated rings. The van der Waals surface area contributed by atoms with E-state index >= 15 is 0 Å². The predicted octanol–water partition coefficient (Wildman–Crippen LogP) is 5.25. The van der Waals surface area contributed by atoms with Crippen molar-refractivity contribution in [2.45, 2.75) is 112 Å². The van der Waals surface area contributed by atoms with E-state index < -0.39 is 18.3 Å². The predicted molar refractivity (Wildman–Crippen MR) is 177 cm³/mol.